The van der Waals surface area contributed by atoms with E-state index in [1.165, 1.54) is 0 Å². The third-order valence-corrected chi connectivity index (χ3v) is 3.39. The quantitative estimate of drug-likeness (QED) is 0.748. The predicted molar refractivity (Wildman–Crippen MR) is 66.4 cm³/mol. The first kappa shape index (κ1) is 13.5. The van der Waals surface area contributed by atoms with E-state index in [9.17, 15) is 4.79 Å². The van der Waals surface area contributed by atoms with Crippen LogP contribution < -0.4 is 5.32 Å². The average molecular weight is 227 g/mol. The number of carbonyl (C=O) groups is 1. The Kier molecular flexibility index (Phi) is 3.97. The van der Waals surface area contributed by atoms with Crippen LogP contribution in [-0.4, -0.2) is 60.5 Å². The molecule has 0 bridgehead atoms. The Balaban J connectivity index is 2.89. The molecule has 0 aromatic rings. The molecule has 1 fully saturated rings. The summed E-state index contributed by atoms with van der Waals surface area (Å²) >= 11 is 0. The Morgan fingerprint density at radius 1 is 1.44 bits per heavy atom. The first-order chi connectivity index (χ1) is 7.29. The van der Waals surface area contributed by atoms with Crippen LogP contribution in [0.4, 0.5) is 0 Å². The van der Waals surface area contributed by atoms with Crippen LogP contribution in [0.1, 0.15) is 27.7 Å². The monoisotopic (exact) mass is 227 g/mol. The molecule has 0 radical (unpaired) electrons. The maximum atomic E-state index is 12.4. The van der Waals surface area contributed by atoms with Gasteiger partial charge in [-0.1, -0.05) is 0 Å². The molecule has 1 N–H and O–H groups in total. The summed E-state index contributed by atoms with van der Waals surface area (Å²) in [4.78, 5) is 16.5. The lowest BCUT2D eigenvalue weighted by Gasteiger charge is -2.48. The molecule has 2 unspecified atom stereocenters. The fraction of sp³-hybridized carbons (Fsp3) is 0.917. The zero-order valence-corrected chi connectivity index (χ0v) is 11.4. The number of likely N-dealkylation sites (N-methyl/N-ethyl adjacent to an activating group) is 2. The zero-order valence-electron chi connectivity index (χ0n) is 11.4. The van der Waals surface area contributed by atoms with Crippen molar-refractivity contribution in [3.8, 4) is 0 Å². The maximum absolute atomic E-state index is 12.4. The highest BCUT2D eigenvalue weighted by Gasteiger charge is 2.40. The van der Waals surface area contributed by atoms with Crippen molar-refractivity contribution in [1.82, 2.24) is 15.1 Å². The van der Waals surface area contributed by atoms with Crippen LogP contribution in [-0.2, 0) is 4.79 Å². The van der Waals surface area contributed by atoms with Gasteiger partial charge in [-0.15, -0.1) is 0 Å². The second kappa shape index (κ2) is 4.72. The van der Waals surface area contributed by atoms with Crippen LogP contribution in [0.25, 0.3) is 0 Å². The van der Waals surface area contributed by atoms with Crippen molar-refractivity contribution >= 4 is 5.91 Å². The number of rotatable bonds is 2. The summed E-state index contributed by atoms with van der Waals surface area (Å²) in [7, 11) is 3.92. The number of hydrogen-bond donors (Lipinski definition) is 1. The van der Waals surface area contributed by atoms with Gasteiger partial charge in [0.05, 0.1) is 0 Å². The van der Waals surface area contributed by atoms with Gasteiger partial charge in [0.2, 0.25) is 5.91 Å². The third-order valence-electron chi connectivity index (χ3n) is 3.39. The Hall–Kier alpha value is -0.610. The Bertz CT molecular complexity index is 259. The highest BCUT2D eigenvalue weighted by Crippen LogP contribution is 2.22. The van der Waals surface area contributed by atoms with Gasteiger partial charge in [0, 0.05) is 24.7 Å². The standard InChI is InChI=1S/C12H25N3O/c1-9-8-15(12(2,3)4)11(16)10(7-13-5)14(9)6/h9-10,13H,7-8H2,1-6H3. The lowest BCUT2D eigenvalue weighted by molar-refractivity contribution is -0.149. The summed E-state index contributed by atoms with van der Waals surface area (Å²) in [6.07, 6.45) is 0. The van der Waals surface area contributed by atoms with Gasteiger partial charge in [-0.3, -0.25) is 9.69 Å². The second-order valence-corrected chi connectivity index (χ2v) is 5.71. The van der Waals surface area contributed by atoms with E-state index in [4.69, 9.17) is 0 Å². The molecule has 1 aliphatic rings. The highest BCUT2D eigenvalue weighted by atomic mass is 16.2. The second-order valence-electron chi connectivity index (χ2n) is 5.71. The highest BCUT2D eigenvalue weighted by molar-refractivity contribution is 5.83. The molecule has 0 aromatic carbocycles. The number of amides is 1. The Labute approximate surface area is 99.0 Å². The van der Waals surface area contributed by atoms with E-state index in [0.717, 1.165) is 6.54 Å². The lowest BCUT2D eigenvalue weighted by Crippen LogP contribution is -2.65. The summed E-state index contributed by atoms with van der Waals surface area (Å²) in [5.74, 6) is 0.238. The van der Waals surface area contributed by atoms with Crippen molar-refractivity contribution in [1.29, 1.82) is 0 Å². The van der Waals surface area contributed by atoms with Gasteiger partial charge in [0.1, 0.15) is 6.04 Å². The van der Waals surface area contributed by atoms with Crippen molar-refractivity contribution in [2.45, 2.75) is 45.3 Å². The van der Waals surface area contributed by atoms with Crippen LogP contribution in [0.15, 0.2) is 0 Å². The third kappa shape index (κ3) is 2.55. The van der Waals surface area contributed by atoms with E-state index in [1.807, 2.05) is 19.0 Å². The van der Waals surface area contributed by atoms with Crippen LogP contribution in [0, 0.1) is 0 Å². The van der Waals surface area contributed by atoms with Crippen molar-refractivity contribution in [3.63, 3.8) is 0 Å². The molecule has 2 atom stereocenters. The molecular formula is C12H25N3O. The van der Waals surface area contributed by atoms with Crippen LogP contribution >= 0.6 is 0 Å². The SMILES string of the molecule is CNCC1C(=O)N(C(C)(C)C)CC(C)N1C. The van der Waals surface area contributed by atoms with Crippen LogP contribution in [0.2, 0.25) is 0 Å². The number of nitrogens with one attached hydrogen (secondary N) is 1. The molecule has 16 heavy (non-hydrogen) atoms. The number of hydrogen-bond acceptors (Lipinski definition) is 3. The largest absolute Gasteiger partial charge is 0.335 e. The fourth-order valence-corrected chi connectivity index (χ4v) is 2.17. The molecule has 0 saturated carbocycles. The van der Waals surface area contributed by atoms with E-state index in [2.05, 4.69) is 37.9 Å². The minimum atomic E-state index is -0.0847. The van der Waals surface area contributed by atoms with Crippen molar-refractivity contribution in [3.05, 3.63) is 0 Å². The number of piperazine rings is 1. The number of carbonyl (C=O) groups excluding carboxylic acids is 1. The molecule has 4 nitrogen and oxygen atoms in total. The molecule has 4 heteroatoms. The van der Waals surface area contributed by atoms with E-state index >= 15 is 0 Å². The van der Waals surface area contributed by atoms with Gasteiger partial charge < -0.3 is 10.2 Å². The topological polar surface area (TPSA) is 35.6 Å². The van der Waals surface area contributed by atoms with Gasteiger partial charge in [0.25, 0.3) is 0 Å². The summed E-state index contributed by atoms with van der Waals surface area (Å²) < 4.78 is 0. The summed E-state index contributed by atoms with van der Waals surface area (Å²) in [5.41, 5.74) is -0.0847. The normalized spacial score (nSPS) is 28.6. The van der Waals surface area contributed by atoms with Crippen LogP contribution in [0.3, 0.4) is 0 Å². The molecule has 0 spiro atoms. The molecule has 1 amide bonds. The maximum Gasteiger partial charge on any atom is 0.241 e. The van der Waals surface area contributed by atoms with Gasteiger partial charge in [-0.05, 0) is 41.8 Å². The van der Waals surface area contributed by atoms with Gasteiger partial charge in [-0.2, -0.15) is 0 Å². The van der Waals surface area contributed by atoms with Gasteiger partial charge in [0.15, 0.2) is 0 Å². The smallest absolute Gasteiger partial charge is 0.241 e. The van der Waals surface area contributed by atoms with E-state index in [-0.39, 0.29) is 17.5 Å². The van der Waals surface area contributed by atoms with Gasteiger partial charge in [-0.25, -0.2) is 0 Å². The van der Waals surface area contributed by atoms with E-state index < -0.39 is 0 Å². The van der Waals surface area contributed by atoms with E-state index in [0.29, 0.717) is 12.6 Å². The average Bonchev–Trinajstić information content (AvgIpc) is 2.16. The molecule has 94 valence electrons. The first-order valence-electron chi connectivity index (χ1n) is 5.97. The molecule has 0 aromatic heterocycles. The predicted octanol–water partition coefficient (Wildman–Crippen LogP) is 0.535. The summed E-state index contributed by atoms with van der Waals surface area (Å²) in [5, 5.41) is 3.10. The number of nitrogens with zero attached hydrogens (tertiary/aromatic N) is 2. The minimum absolute atomic E-state index is 0.0343. The van der Waals surface area contributed by atoms with Crippen molar-refractivity contribution in [2.75, 3.05) is 27.2 Å². The molecule has 1 aliphatic heterocycles. The fourth-order valence-electron chi connectivity index (χ4n) is 2.17. The van der Waals surface area contributed by atoms with E-state index in [1.54, 1.807) is 0 Å². The van der Waals surface area contributed by atoms with Crippen molar-refractivity contribution in [2.24, 2.45) is 0 Å². The summed E-state index contributed by atoms with van der Waals surface area (Å²) in [6.45, 7) is 10.00. The summed E-state index contributed by atoms with van der Waals surface area (Å²) in [6, 6.07) is 0.378. The lowest BCUT2D eigenvalue weighted by atomic mass is 9.98. The minimum Gasteiger partial charge on any atom is -0.335 e. The molecule has 1 heterocycles. The Morgan fingerprint density at radius 3 is 2.44 bits per heavy atom. The molecular weight excluding hydrogens is 202 g/mol. The first-order valence-corrected chi connectivity index (χ1v) is 5.97. The van der Waals surface area contributed by atoms with Crippen LogP contribution in [0.5, 0.6) is 0 Å². The zero-order chi connectivity index (χ0) is 12.5. The Morgan fingerprint density at radius 2 is 2.00 bits per heavy atom. The molecule has 1 rings (SSSR count). The molecule has 1 saturated heterocycles. The van der Waals surface area contributed by atoms with Crippen molar-refractivity contribution < 1.29 is 4.79 Å². The van der Waals surface area contributed by atoms with Gasteiger partial charge >= 0.3 is 0 Å². The molecule has 0 aliphatic carbocycles.